The zero-order valence-electron chi connectivity index (χ0n) is 12.3. The number of rotatable bonds is 4. The minimum Gasteiger partial charge on any atom is -0.480 e. The maximum Gasteiger partial charge on any atom is 0.329 e. The molecule has 0 bridgehead atoms. The number of hydrogen-bond donors (Lipinski definition) is 3. The van der Waals surface area contributed by atoms with E-state index in [0.29, 0.717) is 12.8 Å². The number of carbonyl (C=O) groups excluding carboxylic acids is 1. The number of carboxylic acids is 1. The summed E-state index contributed by atoms with van der Waals surface area (Å²) in [5, 5.41) is 14.9. The highest BCUT2D eigenvalue weighted by molar-refractivity contribution is 5.94. The number of urea groups is 1. The van der Waals surface area contributed by atoms with E-state index < -0.39 is 17.5 Å². The van der Waals surface area contributed by atoms with E-state index in [9.17, 15) is 14.7 Å². The third kappa shape index (κ3) is 3.54. The van der Waals surface area contributed by atoms with Crippen molar-refractivity contribution in [3.8, 4) is 0 Å². The van der Waals surface area contributed by atoms with Gasteiger partial charge >= 0.3 is 12.0 Å². The third-order valence-corrected chi connectivity index (χ3v) is 4.12. The van der Waals surface area contributed by atoms with Gasteiger partial charge in [0.05, 0.1) is 0 Å². The van der Waals surface area contributed by atoms with Crippen LogP contribution in [0, 0.1) is 0 Å². The normalized spacial score (nSPS) is 17.0. The molecule has 1 aromatic carbocycles. The quantitative estimate of drug-likeness (QED) is 0.797. The predicted octanol–water partition coefficient (Wildman–Crippen LogP) is 3.16. The van der Waals surface area contributed by atoms with Crippen LogP contribution in [0.15, 0.2) is 24.3 Å². The van der Waals surface area contributed by atoms with Gasteiger partial charge in [-0.2, -0.15) is 0 Å². The van der Waals surface area contributed by atoms with Gasteiger partial charge in [0.1, 0.15) is 5.54 Å². The van der Waals surface area contributed by atoms with E-state index in [2.05, 4.69) is 10.6 Å². The molecule has 3 N–H and O–H groups in total. The van der Waals surface area contributed by atoms with Gasteiger partial charge in [-0.1, -0.05) is 44.4 Å². The molecule has 2 rings (SSSR count). The van der Waals surface area contributed by atoms with Gasteiger partial charge in [-0.25, -0.2) is 9.59 Å². The summed E-state index contributed by atoms with van der Waals surface area (Å²) < 4.78 is 0. The number of carbonyl (C=O) groups is 2. The van der Waals surface area contributed by atoms with E-state index in [4.69, 9.17) is 0 Å². The van der Waals surface area contributed by atoms with E-state index in [1.807, 2.05) is 31.2 Å². The van der Waals surface area contributed by atoms with Gasteiger partial charge in [0.25, 0.3) is 0 Å². The molecule has 0 aliphatic heterocycles. The van der Waals surface area contributed by atoms with Gasteiger partial charge in [0.15, 0.2) is 0 Å². The van der Waals surface area contributed by atoms with Gasteiger partial charge in [0.2, 0.25) is 0 Å². The van der Waals surface area contributed by atoms with Crippen LogP contribution >= 0.6 is 0 Å². The second kappa shape index (κ2) is 6.61. The van der Waals surface area contributed by atoms with Crippen molar-refractivity contribution in [1.82, 2.24) is 5.32 Å². The molecule has 0 aromatic heterocycles. The monoisotopic (exact) mass is 290 g/mol. The molecule has 21 heavy (non-hydrogen) atoms. The lowest BCUT2D eigenvalue weighted by Crippen LogP contribution is -2.56. The topological polar surface area (TPSA) is 78.4 Å². The Bertz CT molecular complexity index is 522. The summed E-state index contributed by atoms with van der Waals surface area (Å²) in [4.78, 5) is 23.7. The van der Waals surface area contributed by atoms with Gasteiger partial charge in [-0.3, -0.25) is 0 Å². The van der Waals surface area contributed by atoms with E-state index in [1.165, 1.54) is 0 Å². The Morgan fingerprint density at radius 2 is 1.86 bits per heavy atom. The van der Waals surface area contributed by atoms with Gasteiger partial charge in [-0.05, 0) is 30.9 Å². The largest absolute Gasteiger partial charge is 0.480 e. The van der Waals surface area contributed by atoms with E-state index in [0.717, 1.165) is 36.9 Å². The Morgan fingerprint density at radius 1 is 1.19 bits per heavy atom. The Morgan fingerprint density at radius 3 is 2.48 bits per heavy atom. The van der Waals surface area contributed by atoms with Crippen LogP contribution in [-0.4, -0.2) is 22.6 Å². The molecule has 1 aliphatic rings. The first-order chi connectivity index (χ1) is 10.1. The van der Waals surface area contributed by atoms with Crippen LogP contribution in [-0.2, 0) is 11.2 Å². The first-order valence-electron chi connectivity index (χ1n) is 7.48. The van der Waals surface area contributed by atoms with Crippen LogP contribution in [0.25, 0.3) is 0 Å². The summed E-state index contributed by atoms with van der Waals surface area (Å²) >= 11 is 0. The number of aliphatic carboxylic acids is 1. The summed E-state index contributed by atoms with van der Waals surface area (Å²) in [7, 11) is 0. The SMILES string of the molecule is CCc1ccccc1NC(=O)NC1(C(=O)O)CCCCC1. The van der Waals surface area contributed by atoms with E-state index in [-0.39, 0.29) is 0 Å². The number of carboxylic acid groups (broad SMARTS) is 1. The molecule has 0 heterocycles. The molecule has 1 aliphatic carbocycles. The fraction of sp³-hybridized carbons (Fsp3) is 0.500. The third-order valence-electron chi connectivity index (χ3n) is 4.12. The van der Waals surface area contributed by atoms with Crippen LogP contribution in [0.4, 0.5) is 10.5 Å². The standard InChI is InChI=1S/C16H22N2O3/c1-2-12-8-4-5-9-13(12)17-15(21)18-16(14(19)20)10-6-3-7-11-16/h4-5,8-9H,2-3,6-7,10-11H2,1H3,(H,19,20)(H2,17,18,21). The summed E-state index contributed by atoms with van der Waals surface area (Å²) in [6.07, 6.45) is 4.48. The molecule has 0 unspecified atom stereocenters. The van der Waals surface area contributed by atoms with Crippen LogP contribution in [0.5, 0.6) is 0 Å². The Kier molecular flexibility index (Phi) is 4.83. The lowest BCUT2D eigenvalue weighted by atomic mass is 9.82. The Hall–Kier alpha value is -2.04. The lowest BCUT2D eigenvalue weighted by molar-refractivity contribution is -0.145. The van der Waals surface area contributed by atoms with E-state index >= 15 is 0 Å². The maximum absolute atomic E-state index is 12.2. The zero-order chi connectivity index (χ0) is 15.3. The molecular formula is C16H22N2O3. The zero-order valence-corrected chi connectivity index (χ0v) is 12.3. The highest BCUT2D eigenvalue weighted by Gasteiger charge is 2.41. The first kappa shape index (κ1) is 15.4. The average molecular weight is 290 g/mol. The molecule has 114 valence electrons. The summed E-state index contributed by atoms with van der Waals surface area (Å²) in [5.74, 6) is -0.943. The number of aryl methyl sites for hydroxylation is 1. The van der Waals surface area contributed by atoms with Crippen LogP contribution in [0.1, 0.15) is 44.6 Å². The molecule has 1 aromatic rings. The molecule has 5 nitrogen and oxygen atoms in total. The molecular weight excluding hydrogens is 268 g/mol. The fourth-order valence-corrected chi connectivity index (χ4v) is 2.87. The van der Waals surface area contributed by atoms with Crippen molar-refractivity contribution in [2.45, 2.75) is 51.0 Å². The molecule has 1 fully saturated rings. The maximum atomic E-state index is 12.2. The van der Waals surface area contributed by atoms with Crippen molar-refractivity contribution >= 4 is 17.7 Å². The number of hydrogen-bond acceptors (Lipinski definition) is 2. The van der Waals surface area contributed by atoms with E-state index in [1.54, 1.807) is 0 Å². The van der Waals surface area contributed by atoms with Gasteiger partial charge in [-0.15, -0.1) is 0 Å². The molecule has 1 saturated carbocycles. The van der Waals surface area contributed by atoms with Crippen LogP contribution in [0.2, 0.25) is 0 Å². The lowest BCUT2D eigenvalue weighted by Gasteiger charge is -2.34. The number of nitrogens with one attached hydrogen (secondary N) is 2. The molecule has 5 heteroatoms. The fourth-order valence-electron chi connectivity index (χ4n) is 2.87. The van der Waals surface area contributed by atoms with Crippen molar-refractivity contribution in [2.75, 3.05) is 5.32 Å². The summed E-state index contributed by atoms with van der Waals surface area (Å²) in [5.41, 5.74) is 0.637. The molecule has 0 spiro atoms. The van der Waals surface area contributed by atoms with Crippen molar-refractivity contribution in [1.29, 1.82) is 0 Å². The first-order valence-corrected chi connectivity index (χ1v) is 7.48. The van der Waals surface area contributed by atoms with Crippen molar-refractivity contribution in [3.05, 3.63) is 29.8 Å². The minimum absolute atomic E-state index is 0.444. The summed E-state index contributed by atoms with van der Waals surface area (Å²) in [6, 6.07) is 7.10. The minimum atomic E-state index is -1.12. The molecule has 0 atom stereocenters. The molecule has 0 radical (unpaired) electrons. The highest BCUT2D eigenvalue weighted by Crippen LogP contribution is 2.28. The Balaban J connectivity index is 2.07. The number of amides is 2. The number of para-hydroxylation sites is 1. The molecule has 0 saturated heterocycles. The Labute approximate surface area is 124 Å². The molecule has 2 amide bonds. The van der Waals surface area contributed by atoms with Crippen molar-refractivity contribution in [3.63, 3.8) is 0 Å². The smallest absolute Gasteiger partial charge is 0.329 e. The predicted molar refractivity (Wildman–Crippen MR) is 81.4 cm³/mol. The second-order valence-corrected chi connectivity index (χ2v) is 5.54. The van der Waals surface area contributed by atoms with Gasteiger partial charge in [0, 0.05) is 5.69 Å². The van der Waals surface area contributed by atoms with Crippen LogP contribution in [0.3, 0.4) is 0 Å². The second-order valence-electron chi connectivity index (χ2n) is 5.54. The number of benzene rings is 1. The average Bonchev–Trinajstić information content (AvgIpc) is 2.48. The van der Waals surface area contributed by atoms with Crippen molar-refractivity contribution < 1.29 is 14.7 Å². The number of anilines is 1. The highest BCUT2D eigenvalue weighted by atomic mass is 16.4. The van der Waals surface area contributed by atoms with Crippen LogP contribution < -0.4 is 10.6 Å². The van der Waals surface area contributed by atoms with Gasteiger partial charge < -0.3 is 15.7 Å². The van der Waals surface area contributed by atoms with Crippen molar-refractivity contribution in [2.24, 2.45) is 0 Å². The summed E-state index contributed by atoms with van der Waals surface area (Å²) in [6.45, 7) is 2.01.